The summed E-state index contributed by atoms with van der Waals surface area (Å²) in [4.78, 5) is 12.0. The molecule has 0 atom stereocenters. The maximum absolute atomic E-state index is 12.0. The van der Waals surface area contributed by atoms with E-state index in [0.717, 1.165) is 15.7 Å². The number of halogens is 1. The molecular formula is C14H13BrN2O. The summed E-state index contributed by atoms with van der Waals surface area (Å²) in [7, 11) is 0. The summed E-state index contributed by atoms with van der Waals surface area (Å²) in [6.07, 6.45) is 0. The van der Waals surface area contributed by atoms with Gasteiger partial charge in [0.15, 0.2) is 0 Å². The van der Waals surface area contributed by atoms with E-state index in [1.807, 2.05) is 31.2 Å². The Morgan fingerprint density at radius 2 is 2.00 bits per heavy atom. The Balaban J connectivity index is 2.19. The molecule has 92 valence electrons. The summed E-state index contributed by atoms with van der Waals surface area (Å²) < 4.78 is 0.787. The topological polar surface area (TPSA) is 55.1 Å². The number of aryl methyl sites for hydroxylation is 1. The molecule has 0 radical (unpaired) electrons. The zero-order valence-electron chi connectivity index (χ0n) is 9.91. The molecule has 18 heavy (non-hydrogen) atoms. The number of nitrogen functional groups attached to an aromatic ring is 1. The molecule has 0 fully saturated rings. The average molecular weight is 305 g/mol. The second kappa shape index (κ2) is 5.23. The molecule has 0 aromatic heterocycles. The number of carbonyl (C=O) groups excluding carboxylic acids is 1. The van der Waals surface area contributed by atoms with Crippen LogP contribution in [0.15, 0.2) is 46.9 Å². The summed E-state index contributed by atoms with van der Waals surface area (Å²) >= 11 is 3.30. The minimum Gasteiger partial charge on any atom is -0.398 e. The highest BCUT2D eigenvalue weighted by Crippen LogP contribution is 2.21. The summed E-state index contributed by atoms with van der Waals surface area (Å²) in [5.41, 5.74) is 8.72. The first-order valence-electron chi connectivity index (χ1n) is 5.49. The van der Waals surface area contributed by atoms with Gasteiger partial charge in [-0.15, -0.1) is 0 Å². The number of carbonyl (C=O) groups is 1. The molecule has 0 aliphatic carbocycles. The Labute approximate surface area is 114 Å². The molecule has 0 spiro atoms. The fraction of sp³-hybridized carbons (Fsp3) is 0.0714. The highest BCUT2D eigenvalue weighted by atomic mass is 79.9. The molecule has 1 amide bonds. The molecule has 2 rings (SSSR count). The summed E-state index contributed by atoms with van der Waals surface area (Å²) in [5, 5.41) is 2.84. The molecule has 0 aliphatic heterocycles. The van der Waals surface area contributed by atoms with E-state index in [9.17, 15) is 4.79 Å². The number of nitrogens with one attached hydrogen (secondary N) is 1. The second-order valence-electron chi connectivity index (χ2n) is 4.06. The van der Waals surface area contributed by atoms with E-state index >= 15 is 0 Å². The van der Waals surface area contributed by atoms with Gasteiger partial charge in [0.1, 0.15) is 0 Å². The van der Waals surface area contributed by atoms with Crippen LogP contribution in [-0.4, -0.2) is 5.91 Å². The lowest BCUT2D eigenvalue weighted by Gasteiger charge is -2.07. The van der Waals surface area contributed by atoms with Crippen molar-refractivity contribution in [2.45, 2.75) is 6.92 Å². The van der Waals surface area contributed by atoms with Crippen LogP contribution in [0.4, 0.5) is 11.4 Å². The molecule has 0 saturated carbocycles. The average Bonchev–Trinajstić information content (AvgIpc) is 2.32. The van der Waals surface area contributed by atoms with Gasteiger partial charge < -0.3 is 11.1 Å². The number of benzene rings is 2. The fourth-order valence-electron chi connectivity index (χ4n) is 1.61. The van der Waals surface area contributed by atoms with E-state index < -0.39 is 0 Å². The summed E-state index contributed by atoms with van der Waals surface area (Å²) in [6.45, 7) is 1.98. The second-order valence-corrected chi connectivity index (χ2v) is 4.91. The van der Waals surface area contributed by atoms with Crippen molar-refractivity contribution in [1.82, 2.24) is 0 Å². The normalized spacial score (nSPS) is 10.1. The molecule has 3 N–H and O–H groups in total. The fourth-order valence-corrected chi connectivity index (χ4v) is 1.86. The number of anilines is 2. The molecular weight excluding hydrogens is 292 g/mol. The lowest BCUT2D eigenvalue weighted by Crippen LogP contribution is -2.12. The maximum atomic E-state index is 12.0. The minimum atomic E-state index is -0.167. The number of hydrogen-bond donors (Lipinski definition) is 2. The molecule has 0 unspecified atom stereocenters. The highest BCUT2D eigenvalue weighted by Gasteiger charge is 2.07. The van der Waals surface area contributed by atoms with Gasteiger partial charge in [-0.05, 0) is 58.7 Å². The van der Waals surface area contributed by atoms with Gasteiger partial charge in [-0.25, -0.2) is 0 Å². The van der Waals surface area contributed by atoms with Gasteiger partial charge in [-0.2, -0.15) is 0 Å². The van der Waals surface area contributed by atoms with E-state index in [1.54, 1.807) is 18.2 Å². The number of nitrogens with two attached hydrogens (primary N) is 1. The number of hydrogen-bond acceptors (Lipinski definition) is 2. The van der Waals surface area contributed by atoms with Crippen LogP contribution >= 0.6 is 15.9 Å². The van der Waals surface area contributed by atoms with Crippen LogP contribution in [0, 0.1) is 6.92 Å². The third-order valence-electron chi connectivity index (χ3n) is 2.53. The summed E-state index contributed by atoms with van der Waals surface area (Å²) in [5.74, 6) is -0.167. The Bertz CT molecular complexity index is 596. The van der Waals surface area contributed by atoms with Crippen LogP contribution in [0.1, 0.15) is 15.9 Å². The lowest BCUT2D eigenvalue weighted by atomic mass is 10.1. The molecule has 0 bridgehead atoms. The molecule has 3 nitrogen and oxygen atoms in total. The number of amides is 1. The molecule has 2 aromatic rings. The van der Waals surface area contributed by atoms with Crippen LogP contribution in [0.25, 0.3) is 0 Å². The van der Waals surface area contributed by atoms with Gasteiger partial charge in [0.05, 0.1) is 0 Å². The van der Waals surface area contributed by atoms with E-state index in [0.29, 0.717) is 11.3 Å². The van der Waals surface area contributed by atoms with Crippen molar-refractivity contribution in [3.63, 3.8) is 0 Å². The van der Waals surface area contributed by atoms with Crippen molar-refractivity contribution in [1.29, 1.82) is 0 Å². The Kier molecular flexibility index (Phi) is 3.67. The van der Waals surface area contributed by atoms with Crippen molar-refractivity contribution in [2.24, 2.45) is 0 Å². The van der Waals surface area contributed by atoms with Crippen molar-refractivity contribution in [2.75, 3.05) is 11.1 Å². The van der Waals surface area contributed by atoms with Crippen molar-refractivity contribution in [3.8, 4) is 0 Å². The van der Waals surface area contributed by atoms with E-state index in [4.69, 9.17) is 5.73 Å². The first-order valence-corrected chi connectivity index (χ1v) is 6.28. The van der Waals surface area contributed by atoms with Crippen LogP contribution in [-0.2, 0) is 0 Å². The van der Waals surface area contributed by atoms with Gasteiger partial charge in [-0.3, -0.25) is 4.79 Å². The lowest BCUT2D eigenvalue weighted by molar-refractivity contribution is 0.102. The Morgan fingerprint density at radius 1 is 1.22 bits per heavy atom. The first-order chi connectivity index (χ1) is 8.56. The SMILES string of the molecule is Cc1cccc(NC(=O)c2ccc(Br)c(N)c2)c1. The number of rotatable bonds is 2. The first kappa shape index (κ1) is 12.6. The van der Waals surface area contributed by atoms with E-state index in [1.165, 1.54) is 0 Å². The summed E-state index contributed by atoms with van der Waals surface area (Å²) in [6, 6.07) is 12.8. The third kappa shape index (κ3) is 2.90. The van der Waals surface area contributed by atoms with Gasteiger partial charge in [-0.1, -0.05) is 12.1 Å². The third-order valence-corrected chi connectivity index (χ3v) is 3.26. The predicted molar refractivity (Wildman–Crippen MR) is 77.7 cm³/mol. The standard InChI is InChI=1S/C14H13BrN2O/c1-9-3-2-4-11(7-9)17-14(18)10-5-6-12(15)13(16)8-10/h2-8H,16H2,1H3,(H,17,18). The van der Waals surface area contributed by atoms with Crippen LogP contribution < -0.4 is 11.1 Å². The van der Waals surface area contributed by atoms with Crippen LogP contribution in [0.2, 0.25) is 0 Å². The van der Waals surface area contributed by atoms with Gasteiger partial charge in [0.25, 0.3) is 5.91 Å². The van der Waals surface area contributed by atoms with Crippen molar-refractivity contribution in [3.05, 3.63) is 58.1 Å². The quantitative estimate of drug-likeness (QED) is 0.833. The Morgan fingerprint density at radius 3 is 2.67 bits per heavy atom. The molecule has 0 saturated heterocycles. The van der Waals surface area contributed by atoms with E-state index in [-0.39, 0.29) is 5.91 Å². The Hall–Kier alpha value is -1.81. The smallest absolute Gasteiger partial charge is 0.255 e. The molecule has 0 aliphatic rings. The van der Waals surface area contributed by atoms with Crippen molar-refractivity contribution >= 4 is 33.2 Å². The zero-order chi connectivity index (χ0) is 13.1. The largest absolute Gasteiger partial charge is 0.398 e. The van der Waals surface area contributed by atoms with E-state index in [2.05, 4.69) is 21.2 Å². The molecule has 2 aromatic carbocycles. The maximum Gasteiger partial charge on any atom is 0.255 e. The predicted octanol–water partition coefficient (Wildman–Crippen LogP) is 3.59. The molecule has 0 heterocycles. The molecule has 4 heteroatoms. The van der Waals surface area contributed by atoms with Gasteiger partial charge in [0.2, 0.25) is 0 Å². The van der Waals surface area contributed by atoms with Gasteiger partial charge >= 0.3 is 0 Å². The van der Waals surface area contributed by atoms with Crippen LogP contribution in [0.3, 0.4) is 0 Å². The monoisotopic (exact) mass is 304 g/mol. The van der Waals surface area contributed by atoms with Gasteiger partial charge in [0, 0.05) is 21.4 Å². The van der Waals surface area contributed by atoms with Crippen molar-refractivity contribution < 1.29 is 4.79 Å². The highest BCUT2D eigenvalue weighted by molar-refractivity contribution is 9.10. The van der Waals surface area contributed by atoms with Crippen LogP contribution in [0.5, 0.6) is 0 Å². The zero-order valence-corrected chi connectivity index (χ0v) is 11.5. The minimum absolute atomic E-state index is 0.167.